The molecule has 4 nitrogen and oxygen atoms in total. The molecule has 0 amide bonds. The molecule has 20 heavy (non-hydrogen) atoms. The number of nitrogens with zero attached hydrogens (tertiary/aromatic N) is 2. The summed E-state index contributed by atoms with van der Waals surface area (Å²) in [5.74, 6) is 0.541. The van der Waals surface area contributed by atoms with Crippen molar-refractivity contribution in [3.8, 4) is 0 Å². The Morgan fingerprint density at radius 3 is 2.65 bits per heavy atom. The maximum absolute atomic E-state index is 5.81. The van der Waals surface area contributed by atoms with Gasteiger partial charge in [0, 0.05) is 17.6 Å². The van der Waals surface area contributed by atoms with Crippen LogP contribution in [0.4, 0.5) is 0 Å². The number of thiazole rings is 1. The summed E-state index contributed by atoms with van der Waals surface area (Å²) in [6.45, 7) is 5.78. The van der Waals surface area contributed by atoms with Crippen LogP contribution in [-0.4, -0.2) is 17.5 Å². The first-order valence-corrected chi connectivity index (χ1v) is 7.99. The number of nitrogens with one attached hydrogen (secondary N) is 1. The standard InChI is InChI=1S/C14H26N4S.HI/c1-3-4-5-6-7-8-9-16-14(15)18-11-13-10-17-12(2)19-13;/h10H,3-9,11H2,1-2H3,(H3,15,16,18);1H. The molecule has 0 aliphatic heterocycles. The Morgan fingerprint density at radius 1 is 1.30 bits per heavy atom. The molecule has 0 radical (unpaired) electrons. The molecular formula is C14H27IN4S. The van der Waals surface area contributed by atoms with Crippen molar-refractivity contribution >= 4 is 41.3 Å². The van der Waals surface area contributed by atoms with E-state index in [1.165, 1.54) is 38.5 Å². The van der Waals surface area contributed by atoms with Gasteiger partial charge in [0.15, 0.2) is 5.96 Å². The van der Waals surface area contributed by atoms with Gasteiger partial charge in [0.25, 0.3) is 0 Å². The van der Waals surface area contributed by atoms with Crippen molar-refractivity contribution in [3.63, 3.8) is 0 Å². The third-order valence-corrected chi connectivity index (χ3v) is 3.81. The van der Waals surface area contributed by atoms with Gasteiger partial charge < -0.3 is 11.1 Å². The minimum Gasteiger partial charge on any atom is -0.370 e. The quantitative estimate of drug-likeness (QED) is 0.282. The molecule has 0 aromatic carbocycles. The predicted molar refractivity (Wildman–Crippen MR) is 99.0 cm³/mol. The molecular weight excluding hydrogens is 383 g/mol. The van der Waals surface area contributed by atoms with Crippen molar-refractivity contribution in [1.82, 2.24) is 10.3 Å². The van der Waals surface area contributed by atoms with Gasteiger partial charge in [-0.1, -0.05) is 39.0 Å². The van der Waals surface area contributed by atoms with Crippen molar-refractivity contribution in [3.05, 3.63) is 16.1 Å². The summed E-state index contributed by atoms with van der Waals surface area (Å²) in [5, 5.41) is 4.24. The van der Waals surface area contributed by atoms with Crippen LogP contribution in [0.2, 0.25) is 0 Å². The number of aryl methyl sites for hydroxylation is 1. The summed E-state index contributed by atoms with van der Waals surface area (Å²) in [4.78, 5) is 9.66. The van der Waals surface area contributed by atoms with Crippen LogP contribution in [-0.2, 0) is 6.54 Å². The number of hydrogen-bond donors (Lipinski definition) is 2. The highest BCUT2D eigenvalue weighted by atomic mass is 127. The lowest BCUT2D eigenvalue weighted by molar-refractivity contribution is 0.601. The Kier molecular flexibility index (Phi) is 12.1. The molecule has 1 rings (SSSR count). The summed E-state index contributed by atoms with van der Waals surface area (Å²) in [5.41, 5.74) is 5.81. The van der Waals surface area contributed by atoms with Gasteiger partial charge in [0.2, 0.25) is 0 Å². The van der Waals surface area contributed by atoms with E-state index in [9.17, 15) is 0 Å². The minimum atomic E-state index is 0. The number of unbranched alkanes of at least 4 members (excludes halogenated alkanes) is 5. The fourth-order valence-electron chi connectivity index (χ4n) is 1.82. The molecule has 3 N–H and O–H groups in total. The van der Waals surface area contributed by atoms with Gasteiger partial charge in [-0.3, -0.25) is 0 Å². The van der Waals surface area contributed by atoms with Crippen LogP contribution in [0.3, 0.4) is 0 Å². The van der Waals surface area contributed by atoms with Gasteiger partial charge in [0.1, 0.15) is 0 Å². The van der Waals surface area contributed by atoms with Crippen LogP contribution >= 0.6 is 35.3 Å². The van der Waals surface area contributed by atoms with Gasteiger partial charge >= 0.3 is 0 Å². The van der Waals surface area contributed by atoms with Crippen molar-refractivity contribution < 1.29 is 0 Å². The van der Waals surface area contributed by atoms with E-state index in [0.717, 1.165) is 16.4 Å². The molecule has 0 bridgehead atoms. The van der Waals surface area contributed by atoms with E-state index < -0.39 is 0 Å². The maximum atomic E-state index is 5.81. The van der Waals surface area contributed by atoms with E-state index in [4.69, 9.17) is 5.73 Å². The first-order valence-electron chi connectivity index (χ1n) is 7.17. The Balaban J connectivity index is 0.00000361. The van der Waals surface area contributed by atoms with Crippen LogP contribution < -0.4 is 11.1 Å². The Morgan fingerprint density at radius 2 is 2.00 bits per heavy atom. The smallest absolute Gasteiger partial charge is 0.188 e. The number of nitrogens with two attached hydrogens (primary N) is 1. The lowest BCUT2D eigenvalue weighted by Crippen LogP contribution is -2.32. The molecule has 0 spiro atoms. The lowest BCUT2D eigenvalue weighted by Gasteiger charge is -2.05. The Hall–Kier alpha value is -0.370. The SMILES string of the molecule is CCCCCCCCNC(N)=NCc1cnc(C)s1.I. The van der Waals surface area contributed by atoms with Crippen LogP contribution in [0.25, 0.3) is 0 Å². The maximum Gasteiger partial charge on any atom is 0.188 e. The van der Waals surface area contributed by atoms with Crippen molar-refractivity contribution in [2.75, 3.05) is 6.54 Å². The van der Waals surface area contributed by atoms with E-state index in [1.54, 1.807) is 11.3 Å². The van der Waals surface area contributed by atoms with E-state index >= 15 is 0 Å². The summed E-state index contributed by atoms with van der Waals surface area (Å²) in [6, 6.07) is 0. The molecule has 0 saturated carbocycles. The summed E-state index contributed by atoms with van der Waals surface area (Å²) < 4.78 is 0. The zero-order chi connectivity index (χ0) is 13.9. The molecule has 6 heteroatoms. The van der Waals surface area contributed by atoms with E-state index in [1.807, 2.05) is 13.1 Å². The zero-order valence-corrected chi connectivity index (χ0v) is 15.7. The number of guanidine groups is 1. The van der Waals surface area contributed by atoms with Crippen LogP contribution in [0.15, 0.2) is 11.2 Å². The van der Waals surface area contributed by atoms with Crippen LogP contribution in [0.5, 0.6) is 0 Å². The van der Waals surface area contributed by atoms with Gasteiger partial charge in [0.05, 0.1) is 11.6 Å². The normalized spacial score (nSPS) is 11.2. The summed E-state index contributed by atoms with van der Waals surface area (Å²) in [7, 11) is 0. The average molecular weight is 410 g/mol. The van der Waals surface area contributed by atoms with E-state index in [0.29, 0.717) is 12.5 Å². The second-order valence-corrected chi connectivity index (χ2v) is 6.06. The zero-order valence-electron chi connectivity index (χ0n) is 12.5. The second-order valence-electron chi connectivity index (χ2n) is 4.74. The number of aromatic nitrogens is 1. The predicted octanol–water partition coefficient (Wildman–Crippen LogP) is 3.83. The molecule has 0 aliphatic rings. The average Bonchev–Trinajstić information content (AvgIpc) is 2.81. The van der Waals surface area contributed by atoms with Crippen LogP contribution in [0, 0.1) is 6.92 Å². The van der Waals surface area contributed by atoms with Crippen molar-refractivity contribution in [2.24, 2.45) is 10.7 Å². The Bertz CT molecular complexity index is 379. The molecule has 0 unspecified atom stereocenters. The van der Waals surface area contributed by atoms with Gasteiger partial charge in [-0.25, -0.2) is 9.98 Å². The molecule has 1 aromatic rings. The fourth-order valence-corrected chi connectivity index (χ4v) is 2.54. The lowest BCUT2D eigenvalue weighted by atomic mass is 10.1. The topological polar surface area (TPSA) is 63.3 Å². The van der Waals surface area contributed by atoms with Crippen LogP contribution in [0.1, 0.15) is 55.3 Å². The van der Waals surface area contributed by atoms with E-state index in [-0.39, 0.29) is 24.0 Å². The Labute approximate surface area is 143 Å². The summed E-state index contributed by atoms with van der Waals surface area (Å²) in [6.07, 6.45) is 9.64. The first-order chi connectivity index (χ1) is 9.22. The fraction of sp³-hybridized carbons (Fsp3) is 0.714. The van der Waals surface area contributed by atoms with Gasteiger partial charge in [-0.05, 0) is 13.3 Å². The molecule has 1 aromatic heterocycles. The highest BCUT2D eigenvalue weighted by molar-refractivity contribution is 14.0. The highest BCUT2D eigenvalue weighted by Gasteiger charge is 1.97. The van der Waals surface area contributed by atoms with Gasteiger partial charge in [-0.2, -0.15) is 0 Å². The molecule has 0 atom stereocenters. The monoisotopic (exact) mass is 410 g/mol. The number of aliphatic imine (C=N–C) groups is 1. The number of rotatable bonds is 9. The molecule has 116 valence electrons. The largest absolute Gasteiger partial charge is 0.370 e. The van der Waals surface area contributed by atoms with Crippen molar-refractivity contribution in [1.29, 1.82) is 0 Å². The molecule has 0 saturated heterocycles. The third-order valence-electron chi connectivity index (χ3n) is 2.91. The first kappa shape index (κ1) is 19.6. The number of halogens is 1. The van der Waals surface area contributed by atoms with Gasteiger partial charge in [-0.15, -0.1) is 35.3 Å². The summed E-state index contributed by atoms with van der Waals surface area (Å²) >= 11 is 1.67. The third kappa shape index (κ3) is 9.52. The number of hydrogen-bond acceptors (Lipinski definition) is 3. The molecule has 0 fully saturated rings. The highest BCUT2D eigenvalue weighted by Crippen LogP contribution is 2.12. The minimum absolute atomic E-state index is 0. The second kappa shape index (κ2) is 12.4. The molecule has 0 aliphatic carbocycles. The van der Waals surface area contributed by atoms with E-state index in [2.05, 4.69) is 22.2 Å². The molecule has 1 heterocycles. The van der Waals surface area contributed by atoms with Crippen molar-refractivity contribution in [2.45, 2.75) is 58.9 Å².